The smallest absolute Gasteiger partial charge is 0.123 e. The van der Waals surface area contributed by atoms with Crippen LogP contribution in [-0.2, 0) is 13.1 Å². The van der Waals surface area contributed by atoms with Crippen LogP contribution >= 0.6 is 0 Å². The Labute approximate surface area is 140 Å². The molecule has 0 radical (unpaired) electrons. The van der Waals surface area contributed by atoms with Crippen molar-refractivity contribution in [3.8, 4) is 0 Å². The van der Waals surface area contributed by atoms with Crippen LogP contribution in [0.1, 0.15) is 11.1 Å². The molecule has 0 atom stereocenters. The fourth-order valence-electron chi connectivity index (χ4n) is 2.35. The molecule has 24 heavy (non-hydrogen) atoms. The molecule has 4 heteroatoms. The second-order valence-corrected chi connectivity index (χ2v) is 5.54. The lowest BCUT2D eigenvalue weighted by Crippen LogP contribution is -2.02. The summed E-state index contributed by atoms with van der Waals surface area (Å²) in [5, 5.41) is 6.63. The van der Waals surface area contributed by atoms with E-state index in [2.05, 4.69) is 10.6 Å². The minimum Gasteiger partial charge on any atom is -0.381 e. The van der Waals surface area contributed by atoms with Gasteiger partial charge in [-0.3, -0.25) is 0 Å². The lowest BCUT2D eigenvalue weighted by atomic mass is 10.2. The van der Waals surface area contributed by atoms with E-state index in [4.69, 9.17) is 0 Å². The highest BCUT2D eigenvalue weighted by Gasteiger charge is 1.99. The van der Waals surface area contributed by atoms with Crippen LogP contribution in [0, 0.1) is 11.6 Å². The Kier molecular flexibility index (Phi) is 5.06. The monoisotopic (exact) mass is 324 g/mol. The summed E-state index contributed by atoms with van der Waals surface area (Å²) < 4.78 is 25.8. The van der Waals surface area contributed by atoms with Gasteiger partial charge in [0.25, 0.3) is 0 Å². The Morgan fingerprint density at radius 3 is 1.42 bits per heavy atom. The van der Waals surface area contributed by atoms with Gasteiger partial charge in [-0.1, -0.05) is 30.3 Å². The molecule has 0 saturated carbocycles. The van der Waals surface area contributed by atoms with Gasteiger partial charge < -0.3 is 10.6 Å². The summed E-state index contributed by atoms with van der Waals surface area (Å²) in [5.41, 5.74) is 3.98. The standard InChI is InChI=1S/C20H18F2N2/c21-17-8-4-15(5-9-17)13-23-19-2-1-3-20(12-19)24-14-16-6-10-18(22)11-7-16/h1-12,23-24H,13-14H2. The minimum atomic E-state index is -0.231. The van der Waals surface area contributed by atoms with Gasteiger partial charge in [-0.05, 0) is 53.6 Å². The molecule has 0 aliphatic rings. The van der Waals surface area contributed by atoms with Gasteiger partial charge in [0.05, 0.1) is 0 Å². The van der Waals surface area contributed by atoms with Crippen LogP contribution in [0.15, 0.2) is 72.8 Å². The second kappa shape index (κ2) is 7.59. The molecular weight excluding hydrogens is 306 g/mol. The predicted octanol–water partition coefficient (Wildman–Crippen LogP) is 5.19. The van der Waals surface area contributed by atoms with Gasteiger partial charge in [-0.2, -0.15) is 0 Å². The number of halogens is 2. The van der Waals surface area contributed by atoms with Crippen LogP contribution in [0.2, 0.25) is 0 Å². The van der Waals surface area contributed by atoms with E-state index < -0.39 is 0 Å². The Balaban J connectivity index is 1.57. The highest BCUT2D eigenvalue weighted by atomic mass is 19.1. The molecule has 3 aromatic carbocycles. The molecule has 0 unspecified atom stereocenters. The summed E-state index contributed by atoms with van der Waals surface area (Å²) in [7, 11) is 0. The van der Waals surface area contributed by atoms with E-state index in [1.54, 1.807) is 24.3 Å². The molecule has 0 saturated heterocycles. The molecule has 0 aliphatic carbocycles. The number of benzene rings is 3. The molecule has 3 aromatic rings. The first-order chi connectivity index (χ1) is 11.7. The zero-order valence-electron chi connectivity index (χ0n) is 13.1. The third-order valence-corrected chi connectivity index (χ3v) is 3.68. The summed E-state index contributed by atoms with van der Waals surface area (Å²) in [6.07, 6.45) is 0. The van der Waals surface area contributed by atoms with Crippen molar-refractivity contribution in [1.82, 2.24) is 0 Å². The molecule has 0 bridgehead atoms. The molecule has 0 fully saturated rings. The van der Waals surface area contributed by atoms with Crippen molar-refractivity contribution in [2.24, 2.45) is 0 Å². The van der Waals surface area contributed by atoms with Gasteiger partial charge >= 0.3 is 0 Å². The zero-order valence-corrected chi connectivity index (χ0v) is 13.1. The first-order valence-electron chi connectivity index (χ1n) is 7.76. The molecule has 3 rings (SSSR count). The van der Waals surface area contributed by atoms with Crippen molar-refractivity contribution in [2.45, 2.75) is 13.1 Å². The van der Waals surface area contributed by atoms with E-state index in [0.717, 1.165) is 22.5 Å². The maximum absolute atomic E-state index is 12.9. The normalized spacial score (nSPS) is 10.4. The Hall–Kier alpha value is -2.88. The molecular formula is C20H18F2N2. The lowest BCUT2D eigenvalue weighted by molar-refractivity contribution is 0.626. The van der Waals surface area contributed by atoms with Gasteiger partial charge in [-0.15, -0.1) is 0 Å². The van der Waals surface area contributed by atoms with E-state index in [0.29, 0.717) is 13.1 Å². The lowest BCUT2D eigenvalue weighted by Gasteiger charge is -2.10. The van der Waals surface area contributed by atoms with Crippen molar-refractivity contribution in [2.75, 3.05) is 10.6 Å². The molecule has 0 spiro atoms. The number of hydrogen-bond donors (Lipinski definition) is 2. The van der Waals surface area contributed by atoms with E-state index >= 15 is 0 Å². The van der Waals surface area contributed by atoms with Gasteiger partial charge in [-0.25, -0.2) is 8.78 Å². The minimum absolute atomic E-state index is 0.231. The molecule has 2 nitrogen and oxygen atoms in total. The van der Waals surface area contributed by atoms with E-state index in [1.165, 1.54) is 24.3 Å². The highest BCUT2D eigenvalue weighted by Crippen LogP contribution is 2.17. The van der Waals surface area contributed by atoms with Crippen LogP contribution in [0.25, 0.3) is 0 Å². The van der Waals surface area contributed by atoms with Crippen LogP contribution < -0.4 is 10.6 Å². The quantitative estimate of drug-likeness (QED) is 0.652. The van der Waals surface area contributed by atoms with Crippen molar-refractivity contribution >= 4 is 11.4 Å². The fraction of sp³-hybridized carbons (Fsp3) is 0.100. The molecule has 122 valence electrons. The average molecular weight is 324 g/mol. The molecule has 2 N–H and O–H groups in total. The Morgan fingerprint density at radius 2 is 1.00 bits per heavy atom. The van der Waals surface area contributed by atoms with Gasteiger partial charge in [0, 0.05) is 24.5 Å². The summed E-state index contributed by atoms with van der Waals surface area (Å²) >= 11 is 0. The number of nitrogens with one attached hydrogen (secondary N) is 2. The third-order valence-electron chi connectivity index (χ3n) is 3.68. The first kappa shape index (κ1) is 16.0. The van der Waals surface area contributed by atoms with Crippen molar-refractivity contribution in [1.29, 1.82) is 0 Å². The maximum atomic E-state index is 12.9. The summed E-state index contributed by atoms with van der Waals surface area (Å²) in [5.74, 6) is -0.462. The maximum Gasteiger partial charge on any atom is 0.123 e. The highest BCUT2D eigenvalue weighted by molar-refractivity contribution is 5.57. The van der Waals surface area contributed by atoms with Crippen molar-refractivity contribution in [3.63, 3.8) is 0 Å². The van der Waals surface area contributed by atoms with Crippen molar-refractivity contribution < 1.29 is 8.78 Å². The number of hydrogen-bond acceptors (Lipinski definition) is 2. The number of rotatable bonds is 6. The Bertz CT molecular complexity index is 719. The number of anilines is 2. The average Bonchev–Trinajstić information content (AvgIpc) is 2.61. The molecule has 0 heterocycles. The van der Waals surface area contributed by atoms with Crippen molar-refractivity contribution in [3.05, 3.63) is 95.6 Å². The molecule has 0 amide bonds. The first-order valence-corrected chi connectivity index (χ1v) is 7.76. The zero-order chi connectivity index (χ0) is 16.8. The molecule has 0 aromatic heterocycles. The Morgan fingerprint density at radius 1 is 0.583 bits per heavy atom. The van der Waals surface area contributed by atoms with Crippen LogP contribution in [-0.4, -0.2) is 0 Å². The summed E-state index contributed by atoms with van der Waals surface area (Å²) in [6.45, 7) is 1.25. The third kappa shape index (κ3) is 4.56. The van der Waals surface area contributed by atoms with Crippen LogP contribution in [0.4, 0.5) is 20.2 Å². The predicted molar refractivity (Wildman–Crippen MR) is 93.9 cm³/mol. The SMILES string of the molecule is Fc1ccc(CNc2cccc(NCc3ccc(F)cc3)c2)cc1. The van der Waals surface area contributed by atoms with Crippen LogP contribution in [0.3, 0.4) is 0 Å². The van der Waals surface area contributed by atoms with E-state index in [-0.39, 0.29) is 11.6 Å². The second-order valence-electron chi connectivity index (χ2n) is 5.54. The fourth-order valence-corrected chi connectivity index (χ4v) is 2.35. The van der Waals surface area contributed by atoms with Gasteiger partial charge in [0.2, 0.25) is 0 Å². The van der Waals surface area contributed by atoms with Gasteiger partial charge in [0.1, 0.15) is 11.6 Å². The summed E-state index contributed by atoms with van der Waals surface area (Å²) in [6, 6.07) is 20.8. The topological polar surface area (TPSA) is 24.1 Å². The molecule has 0 aliphatic heterocycles. The van der Waals surface area contributed by atoms with E-state index in [1.807, 2.05) is 24.3 Å². The van der Waals surface area contributed by atoms with Crippen LogP contribution in [0.5, 0.6) is 0 Å². The summed E-state index contributed by atoms with van der Waals surface area (Å²) in [4.78, 5) is 0. The van der Waals surface area contributed by atoms with E-state index in [9.17, 15) is 8.78 Å². The van der Waals surface area contributed by atoms with Gasteiger partial charge in [0.15, 0.2) is 0 Å². The largest absolute Gasteiger partial charge is 0.381 e.